The van der Waals surface area contributed by atoms with Gasteiger partial charge in [0, 0.05) is 17.4 Å². The van der Waals surface area contributed by atoms with Gasteiger partial charge < -0.3 is 20.4 Å². The third-order valence-electron chi connectivity index (χ3n) is 8.82. The summed E-state index contributed by atoms with van der Waals surface area (Å²) in [6.45, 7) is 8.09. The standard InChI is InChI=1S/C30H36O6/c1-17-10-11-22(30(4)13-12-19(14-23(17)30)29(2,3)36)24(18-8-6-5-7-9-18)25-27(34)20(15-31)26(33)21(16-32)28(25)35/h5-9,14-17,19,22,24,33-36H,10-13H2,1-4H3/t17-,19-,22+,24-,30+/m1/s1. The van der Waals surface area contributed by atoms with E-state index in [-0.39, 0.29) is 22.8 Å². The minimum atomic E-state index is -0.842. The molecule has 192 valence electrons. The van der Waals surface area contributed by atoms with Crippen molar-refractivity contribution in [2.24, 2.45) is 23.2 Å². The fraction of sp³-hybridized carbons (Fsp3) is 0.467. The molecule has 0 aliphatic heterocycles. The Morgan fingerprint density at radius 2 is 1.53 bits per heavy atom. The Hall–Kier alpha value is -3.12. The molecule has 0 amide bonds. The van der Waals surface area contributed by atoms with Gasteiger partial charge in [-0.1, -0.05) is 55.8 Å². The highest BCUT2D eigenvalue weighted by Gasteiger charge is 2.51. The second-order valence-corrected chi connectivity index (χ2v) is 11.3. The van der Waals surface area contributed by atoms with Crippen LogP contribution >= 0.6 is 0 Å². The number of phenols is 3. The van der Waals surface area contributed by atoms with Crippen LogP contribution in [0.25, 0.3) is 0 Å². The molecule has 2 aliphatic carbocycles. The van der Waals surface area contributed by atoms with E-state index in [4.69, 9.17) is 0 Å². The number of hydrogen-bond acceptors (Lipinski definition) is 6. The zero-order valence-corrected chi connectivity index (χ0v) is 21.4. The van der Waals surface area contributed by atoms with Crippen molar-refractivity contribution in [1.29, 1.82) is 0 Å². The highest BCUT2D eigenvalue weighted by atomic mass is 16.3. The van der Waals surface area contributed by atoms with Crippen molar-refractivity contribution in [3.05, 3.63) is 64.2 Å². The number of aldehydes is 2. The van der Waals surface area contributed by atoms with Crippen LogP contribution in [0, 0.1) is 23.2 Å². The summed E-state index contributed by atoms with van der Waals surface area (Å²) < 4.78 is 0. The summed E-state index contributed by atoms with van der Waals surface area (Å²) >= 11 is 0. The molecular weight excluding hydrogens is 456 g/mol. The van der Waals surface area contributed by atoms with Gasteiger partial charge in [-0.25, -0.2) is 0 Å². The number of benzene rings is 2. The maximum Gasteiger partial charge on any atom is 0.157 e. The molecule has 0 bridgehead atoms. The van der Waals surface area contributed by atoms with Gasteiger partial charge in [0.15, 0.2) is 12.6 Å². The summed E-state index contributed by atoms with van der Waals surface area (Å²) in [4.78, 5) is 23.7. The molecule has 0 saturated heterocycles. The van der Waals surface area contributed by atoms with Crippen molar-refractivity contribution in [3.63, 3.8) is 0 Å². The zero-order chi connectivity index (χ0) is 26.4. The van der Waals surface area contributed by atoms with E-state index in [1.807, 2.05) is 44.2 Å². The topological polar surface area (TPSA) is 115 Å². The van der Waals surface area contributed by atoms with Crippen molar-refractivity contribution in [2.45, 2.75) is 64.9 Å². The van der Waals surface area contributed by atoms with E-state index in [0.29, 0.717) is 18.5 Å². The number of aromatic hydroxyl groups is 3. The molecule has 2 aliphatic rings. The van der Waals surface area contributed by atoms with Crippen LogP contribution < -0.4 is 0 Å². The van der Waals surface area contributed by atoms with E-state index in [1.54, 1.807) is 0 Å². The van der Waals surface area contributed by atoms with E-state index in [0.717, 1.165) is 31.2 Å². The molecule has 2 aromatic rings. The van der Waals surface area contributed by atoms with Crippen molar-refractivity contribution in [3.8, 4) is 17.2 Å². The molecule has 0 radical (unpaired) electrons. The van der Waals surface area contributed by atoms with Crippen molar-refractivity contribution < 1.29 is 30.0 Å². The molecule has 0 aromatic heterocycles. The summed E-state index contributed by atoms with van der Waals surface area (Å²) in [6, 6.07) is 9.49. The number of carbonyl (C=O) groups is 2. The van der Waals surface area contributed by atoms with Crippen LogP contribution in [0.2, 0.25) is 0 Å². The van der Waals surface area contributed by atoms with Gasteiger partial charge in [0.2, 0.25) is 0 Å². The monoisotopic (exact) mass is 492 g/mol. The maximum absolute atomic E-state index is 11.8. The van der Waals surface area contributed by atoms with Crippen LogP contribution in [-0.2, 0) is 0 Å². The van der Waals surface area contributed by atoms with Gasteiger partial charge in [-0.15, -0.1) is 0 Å². The lowest BCUT2D eigenvalue weighted by Crippen LogP contribution is -2.45. The van der Waals surface area contributed by atoms with Crippen molar-refractivity contribution in [1.82, 2.24) is 0 Å². The molecule has 6 heteroatoms. The number of carbonyl (C=O) groups excluding carboxylic acids is 2. The smallest absolute Gasteiger partial charge is 0.157 e. The van der Waals surface area contributed by atoms with Gasteiger partial charge in [0.05, 0.1) is 16.7 Å². The van der Waals surface area contributed by atoms with Gasteiger partial charge in [-0.05, 0) is 62.3 Å². The van der Waals surface area contributed by atoms with E-state index in [9.17, 15) is 30.0 Å². The summed E-state index contributed by atoms with van der Waals surface area (Å²) in [5.74, 6) is -2.01. The molecule has 4 N–H and O–H groups in total. The Bertz CT molecular complexity index is 1160. The number of hydrogen-bond donors (Lipinski definition) is 4. The second kappa shape index (κ2) is 9.40. The van der Waals surface area contributed by atoms with Crippen LogP contribution in [0.3, 0.4) is 0 Å². The summed E-state index contributed by atoms with van der Waals surface area (Å²) in [5.41, 5.74) is 0.246. The first-order valence-corrected chi connectivity index (χ1v) is 12.7. The largest absolute Gasteiger partial charge is 0.507 e. The highest BCUT2D eigenvalue weighted by Crippen LogP contribution is 2.61. The molecule has 4 rings (SSSR count). The fourth-order valence-electron chi connectivity index (χ4n) is 6.76. The first kappa shape index (κ1) is 26.0. The quantitative estimate of drug-likeness (QED) is 0.303. The molecule has 5 atom stereocenters. The van der Waals surface area contributed by atoms with Gasteiger partial charge in [0.1, 0.15) is 17.2 Å². The molecule has 0 unspecified atom stereocenters. The molecule has 1 saturated carbocycles. The number of aliphatic hydroxyl groups is 1. The lowest BCUT2D eigenvalue weighted by Gasteiger charge is -2.53. The Balaban J connectivity index is 1.98. The van der Waals surface area contributed by atoms with Gasteiger partial charge >= 0.3 is 0 Å². The first-order valence-electron chi connectivity index (χ1n) is 12.7. The van der Waals surface area contributed by atoms with Gasteiger partial charge in [0.25, 0.3) is 0 Å². The molecule has 1 fully saturated rings. The van der Waals surface area contributed by atoms with E-state index >= 15 is 0 Å². The minimum absolute atomic E-state index is 0.0239. The average Bonchev–Trinajstić information content (AvgIpc) is 2.83. The van der Waals surface area contributed by atoms with Crippen LogP contribution in [0.5, 0.6) is 17.2 Å². The van der Waals surface area contributed by atoms with E-state index in [2.05, 4.69) is 19.9 Å². The predicted molar refractivity (Wildman–Crippen MR) is 138 cm³/mol. The molecule has 0 heterocycles. The minimum Gasteiger partial charge on any atom is -0.507 e. The number of rotatable bonds is 6. The molecule has 0 spiro atoms. The van der Waals surface area contributed by atoms with Crippen molar-refractivity contribution >= 4 is 12.6 Å². The normalized spacial score (nSPS) is 27.0. The molecule has 2 aromatic carbocycles. The number of fused-ring (bicyclic) bond motifs is 1. The third-order valence-corrected chi connectivity index (χ3v) is 8.82. The maximum atomic E-state index is 11.8. The van der Waals surface area contributed by atoms with Crippen molar-refractivity contribution in [2.75, 3.05) is 0 Å². The van der Waals surface area contributed by atoms with Gasteiger partial charge in [-0.2, -0.15) is 0 Å². The molecule has 6 nitrogen and oxygen atoms in total. The fourth-order valence-corrected chi connectivity index (χ4v) is 6.76. The van der Waals surface area contributed by atoms with Gasteiger partial charge in [-0.3, -0.25) is 9.59 Å². The summed E-state index contributed by atoms with van der Waals surface area (Å²) in [6.07, 6.45) is 6.14. The Morgan fingerprint density at radius 1 is 0.944 bits per heavy atom. The van der Waals surface area contributed by atoms with Crippen LogP contribution in [0.4, 0.5) is 0 Å². The zero-order valence-electron chi connectivity index (χ0n) is 21.4. The highest BCUT2D eigenvalue weighted by molar-refractivity contribution is 5.95. The van der Waals surface area contributed by atoms with Crippen LogP contribution in [0.15, 0.2) is 42.0 Å². The number of allylic oxidation sites excluding steroid dienone is 1. The Labute approximate surface area is 212 Å². The predicted octanol–water partition coefficient (Wildman–Crippen LogP) is 5.72. The summed E-state index contributed by atoms with van der Waals surface area (Å²) in [7, 11) is 0. The van der Waals surface area contributed by atoms with Crippen LogP contribution in [0.1, 0.15) is 91.1 Å². The average molecular weight is 493 g/mol. The third kappa shape index (κ3) is 4.11. The lowest BCUT2D eigenvalue weighted by atomic mass is 9.51. The number of phenolic OH excluding ortho intramolecular Hbond substituents is 3. The SMILES string of the molecule is C[C@@H]1CC[C@@H]([C@@H](c2ccccc2)c2c(O)c(C=O)c(O)c(C=O)c2O)[C@]2(C)CC[C@@H](C(C)(C)O)C=C12. The van der Waals surface area contributed by atoms with E-state index < -0.39 is 39.9 Å². The summed E-state index contributed by atoms with van der Waals surface area (Å²) in [5, 5.41) is 43.5. The van der Waals surface area contributed by atoms with E-state index in [1.165, 1.54) is 5.57 Å². The Kier molecular flexibility index (Phi) is 6.78. The molecule has 36 heavy (non-hydrogen) atoms. The molecular formula is C30H36O6. The first-order chi connectivity index (χ1) is 17.0. The van der Waals surface area contributed by atoms with Crippen LogP contribution in [-0.4, -0.2) is 38.6 Å². The second-order valence-electron chi connectivity index (χ2n) is 11.3. The lowest BCUT2D eigenvalue weighted by molar-refractivity contribution is 0.0118. The Morgan fingerprint density at radius 3 is 2.06 bits per heavy atom.